The van der Waals surface area contributed by atoms with Gasteiger partial charge in [-0.05, 0) is 6.08 Å². The summed E-state index contributed by atoms with van der Waals surface area (Å²) in [5, 5.41) is 3.79. The lowest BCUT2D eigenvalue weighted by atomic mass is 10.7. The summed E-state index contributed by atoms with van der Waals surface area (Å²) in [6, 6.07) is 0. The van der Waals surface area contributed by atoms with Crippen LogP contribution in [0.15, 0.2) is 17.6 Å². The fourth-order valence-corrected chi connectivity index (χ4v) is 0.401. The summed E-state index contributed by atoms with van der Waals surface area (Å²) in [6.45, 7) is 0.573. The van der Waals surface area contributed by atoms with E-state index in [1.54, 1.807) is 12.3 Å². The third-order valence-electron chi connectivity index (χ3n) is 0.718. The molecule has 0 bridgehead atoms. The van der Waals surface area contributed by atoms with Crippen LogP contribution >= 0.6 is 0 Å². The normalized spacial score (nSPS) is 16.9. The molecule has 1 aliphatic rings. The van der Waals surface area contributed by atoms with Gasteiger partial charge in [0.15, 0.2) is 0 Å². The summed E-state index contributed by atoms with van der Waals surface area (Å²) < 4.78 is 0. The quantitative estimate of drug-likeness (QED) is 0.470. The number of nitrogens with zero attached hydrogens (tertiary/aromatic N) is 2. The molecule has 1 aliphatic heterocycles. The van der Waals surface area contributed by atoms with Crippen molar-refractivity contribution in [1.29, 1.82) is 0 Å². The Bertz CT molecular complexity index is 92.4. The van der Waals surface area contributed by atoms with Crippen LogP contribution in [0.5, 0.6) is 0 Å². The molecule has 1 N–H and O–H groups in total. The first-order valence-corrected chi connectivity index (χ1v) is 1.95. The molecular formula is C3H5N3O. The Hall–Kier alpha value is -1.06. The van der Waals surface area contributed by atoms with Crippen LogP contribution < -0.4 is 5.43 Å². The Morgan fingerprint density at radius 3 is 3.00 bits per heavy atom. The van der Waals surface area contributed by atoms with Crippen LogP contribution in [0.2, 0.25) is 0 Å². The molecule has 0 saturated carbocycles. The van der Waals surface area contributed by atoms with Crippen molar-refractivity contribution >= 4 is 0 Å². The second-order valence-electron chi connectivity index (χ2n) is 1.20. The highest BCUT2D eigenvalue weighted by atomic mass is 16.3. The SMILES string of the molecule is O=NN1CC=CN1. The van der Waals surface area contributed by atoms with Crippen LogP contribution in [0.4, 0.5) is 0 Å². The van der Waals surface area contributed by atoms with Crippen LogP contribution in [-0.4, -0.2) is 11.7 Å². The molecule has 0 aliphatic carbocycles. The summed E-state index contributed by atoms with van der Waals surface area (Å²) in [5.74, 6) is 0. The summed E-state index contributed by atoms with van der Waals surface area (Å²) in [5.41, 5.74) is 2.58. The number of hydrogen-bond acceptors (Lipinski definition) is 3. The Morgan fingerprint density at radius 2 is 2.71 bits per heavy atom. The van der Waals surface area contributed by atoms with E-state index in [0.717, 1.165) is 0 Å². The van der Waals surface area contributed by atoms with Gasteiger partial charge in [-0.15, -0.1) is 4.91 Å². The lowest BCUT2D eigenvalue weighted by Gasteiger charge is -2.02. The van der Waals surface area contributed by atoms with Crippen molar-refractivity contribution in [3.05, 3.63) is 17.2 Å². The summed E-state index contributed by atoms with van der Waals surface area (Å²) in [7, 11) is 0. The van der Waals surface area contributed by atoms with Crippen LogP contribution in [-0.2, 0) is 0 Å². The standard InChI is InChI=1S/C3H5N3O/c7-5-6-3-1-2-4-6/h1-2,4H,3H2. The molecule has 0 saturated heterocycles. The molecule has 0 amide bonds. The van der Waals surface area contributed by atoms with E-state index in [1.165, 1.54) is 5.12 Å². The first-order chi connectivity index (χ1) is 3.43. The predicted octanol–water partition coefficient (Wildman–Crippen LogP) is 0.00170. The van der Waals surface area contributed by atoms with Crippen molar-refractivity contribution in [2.45, 2.75) is 0 Å². The maximum absolute atomic E-state index is 9.58. The maximum atomic E-state index is 9.58. The Balaban J connectivity index is 2.35. The third-order valence-corrected chi connectivity index (χ3v) is 0.718. The average molecular weight is 99.1 g/mol. The fourth-order valence-electron chi connectivity index (χ4n) is 0.401. The van der Waals surface area contributed by atoms with Gasteiger partial charge >= 0.3 is 0 Å². The van der Waals surface area contributed by atoms with Gasteiger partial charge in [-0.1, -0.05) is 0 Å². The van der Waals surface area contributed by atoms with Gasteiger partial charge in [0.2, 0.25) is 0 Å². The molecule has 4 heteroatoms. The van der Waals surface area contributed by atoms with E-state index in [9.17, 15) is 4.91 Å². The van der Waals surface area contributed by atoms with Gasteiger partial charge in [-0.25, -0.2) is 0 Å². The molecule has 0 aromatic heterocycles. The second kappa shape index (κ2) is 1.59. The molecule has 0 aromatic rings. The maximum Gasteiger partial charge on any atom is 0.0815 e. The Labute approximate surface area is 40.7 Å². The minimum Gasteiger partial charge on any atom is -0.287 e. The summed E-state index contributed by atoms with van der Waals surface area (Å²) in [4.78, 5) is 9.58. The highest BCUT2D eigenvalue weighted by molar-refractivity contribution is 4.86. The van der Waals surface area contributed by atoms with Gasteiger partial charge in [0.05, 0.1) is 11.8 Å². The van der Waals surface area contributed by atoms with Gasteiger partial charge in [-0.3, -0.25) is 5.43 Å². The van der Waals surface area contributed by atoms with Gasteiger partial charge in [0.25, 0.3) is 0 Å². The average Bonchev–Trinajstić information content (AvgIpc) is 2.14. The highest BCUT2D eigenvalue weighted by Crippen LogP contribution is 1.89. The van der Waals surface area contributed by atoms with Gasteiger partial charge in [-0.2, -0.15) is 5.12 Å². The van der Waals surface area contributed by atoms with E-state index < -0.39 is 0 Å². The smallest absolute Gasteiger partial charge is 0.0815 e. The third kappa shape index (κ3) is 0.677. The summed E-state index contributed by atoms with van der Waals surface area (Å²) >= 11 is 0. The van der Waals surface area contributed by atoms with E-state index in [1.807, 2.05) is 0 Å². The molecular weight excluding hydrogens is 94.1 g/mol. The minimum atomic E-state index is 0.573. The Morgan fingerprint density at radius 1 is 1.86 bits per heavy atom. The molecule has 7 heavy (non-hydrogen) atoms. The Kier molecular flexibility index (Phi) is 0.934. The van der Waals surface area contributed by atoms with Gasteiger partial charge in [0.1, 0.15) is 0 Å². The zero-order valence-corrected chi connectivity index (χ0v) is 3.66. The number of hydrogen-bond donors (Lipinski definition) is 1. The fraction of sp³-hybridized carbons (Fsp3) is 0.333. The molecule has 1 heterocycles. The monoisotopic (exact) mass is 99.0 g/mol. The van der Waals surface area contributed by atoms with Gasteiger partial charge < -0.3 is 0 Å². The first-order valence-electron chi connectivity index (χ1n) is 1.95. The van der Waals surface area contributed by atoms with E-state index in [-0.39, 0.29) is 0 Å². The van der Waals surface area contributed by atoms with Crippen molar-refractivity contribution in [3.8, 4) is 0 Å². The first kappa shape index (κ1) is 4.11. The minimum absolute atomic E-state index is 0.573. The molecule has 1 rings (SSSR count). The van der Waals surface area contributed by atoms with E-state index >= 15 is 0 Å². The van der Waals surface area contributed by atoms with Crippen LogP contribution in [0.25, 0.3) is 0 Å². The van der Waals surface area contributed by atoms with Crippen LogP contribution in [0, 0.1) is 4.91 Å². The molecule has 0 radical (unpaired) electrons. The number of hydrazine groups is 1. The molecule has 0 atom stereocenters. The van der Waals surface area contributed by atoms with Crippen molar-refractivity contribution in [2.75, 3.05) is 6.54 Å². The number of nitroso groups, excluding NO2 is 1. The lowest BCUT2D eigenvalue weighted by molar-refractivity contribution is 0.277. The van der Waals surface area contributed by atoms with E-state index in [2.05, 4.69) is 10.7 Å². The molecule has 0 unspecified atom stereocenters. The zero-order valence-electron chi connectivity index (χ0n) is 3.66. The number of rotatable bonds is 1. The van der Waals surface area contributed by atoms with E-state index in [0.29, 0.717) is 6.54 Å². The molecule has 0 fully saturated rings. The lowest BCUT2D eigenvalue weighted by Crippen LogP contribution is -2.22. The molecule has 0 aromatic carbocycles. The molecule has 4 nitrogen and oxygen atoms in total. The van der Waals surface area contributed by atoms with Crippen molar-refractivity contribution < 1.29 is 0 Å². The molecule has 38 valence electrons. The number of nitrogens with one attached hydrogen (secondary N) is 1. The van der Waals surface area contributed by atoms with Crippen LogP contribution in [0.1, 0.15) is 0 Å². The van der Waals surface area contributed by atoms with Crippen molar-refractivity contribution in [1.82, 2.24) is 10.5 Å². The zero-order chi connectivity index (χ0) is 5.11. The highest BCUT2D eigenvalue weighted by Gasteiger charge is 1.98. The van der Waals surface area contributed by atoms with Crippen molar-refractivity contribution in [3.63, 3.8) is 0 Å². The second-order valence-corrected chi connectivity index (χ2v) is 1.20. The topological polar surface area (TPSA) is 44.7 Å². The van der Waals surface area contributed by atoms with E-state index in [4.69, 9.17) is 0 Å². The van der Waals surface area contributed by atoms with Crippen LogP contribution in [0.3, 0.4) is 0 Å². The van der Waals surface area contributed by atoms with Crippen molar-refractivity contribution in [2.24, 2.45) is 5.29 Å². The molecule has 0 spiro atoms. The summed E-state index contributed by atoms with van der Waals surface area (Å²) in [6.07, 6.45) is 3.48. The predicted molar refractivity (Wildman–Crippen MR) is 24.8 cm³/mol. The largest absolute Gasteiger partial charge is 0.287 e. The van der Waals surface area contributed by atoms with Gasteiger partial charge in [0, 0.05) is 6.20 Å².